The quantitative estimate of drug-likeness (QED) is 0.396. The first-order valence-corrected chi connectivity index (χ1v) is 9.70. The third kappa shape index (κ3) is 10.1. The maximum Gasteiger partial charge on any atom is 0.341 e. The second kappa shape index (κ2) is 13.6. The van der Waals surface area contributed by atoms with Crippen molar-refractivity contribution in [3.05, 3.63) is 36.6 Å². The Balaban J connectivity index is 2.15. The summed E-state index contributed by atoms with van der Waals surface area (Å²) in [5.74, 6) is -2.40. The molecule has 1 N–H and O–H groups in total. The van der Waals surface area contributed by atoms with Crippen molar-refractivity contribution < 1.29 is 38.4 Å². The summed E-state index contributed by atoms with van der Waals surface area (Å²) in [5, 5.41) is 8.73. The summed E-state index contributed by atoms with van der Waals surface area (Å²) in [6.45, 7) is 0.466. The molecule has 0 spiro atoms. The van der Waals surface area contributed by atoms with Crippen LogP contribution in [0.15, 0.2) is 36.6 Å². The van der Waals surface area contributed by atoms with Crippen LogP contribution in [-0.2, 0) is 19.1 Å². The first kappa shape index (κ1) is 23.7. The summed E-state index contributed by atoms with van der Waals surface area (Å²) in [6.07, 6.45) is 11.8. The molecule has 0 saturated carbocycles. The van der Waals surface area contributed by atoms with E-state index in [1.54, 1.807) is 12.2 Å². The molecule has 2 heterocycles. The molecule has 0 amide bonds. The van der Waals surface area contributed by atoms with Crippen molar-refractivity contribution in [2.24, 2.45) is 0 Å². The lowest BCUT2D eigenvalue weighted by molar-refractivity contribution is -0.129. The summed E-state index contributed by atoms with van der Waals surface area (Å²) in [4.78, 5) is 46.9. The van der Waals surface area contributed by atoms with Crippen molar-refractivity contribution in [1.29, 1.82) is 0 Å². The predicted octanol–water partition coefficient (Wildman–Crippen LogP) is 1.58. The van der Waals surface area contributed by atoms with Gasteiger partial charge >= 0.3 is 35.9 Å². The highest BCUT2D eigenvalue weighted by molar-refractivity contribution is 5.84. The Bertz CT molecular complexity index is 803. The van der Waals surface area contributed by atoms with Crippen LogP contribution in [-0.4, -0.2) is 51.2 Å². The molecule has 2 bridgehead atoms. The van der Waals surface area contributed by atoms with Gasteiger partial charge in [-0.2, -0.15) is 0 Å². The van der Waals surface area contributed by atoms with Crippen molar-refractivity contribution in [3.8, 4) is 18.0 Å². The zero-order valence-corrected chi connectivity index (χ0v) is 16.8. The normalized spacial score (nSPS) is 15.3. The van der Waals surface area contributed by atoms with Crippen molar-refractivity contribution in [1.82, 2.24) is 15.0 Å². The van der Waals surface area contributed by atoms with Crippen molar-refractivity contribution in [3.63, 3.8) is 0 Å². The van der Waals surface area contributed by atoms with E-state index in [1.165, 1.54) is 18.4 Å². The van der Waals surface area contributed by atoms with E-state index in [0.29, 0.717) is 32.3 Å². The molecular weight excluding hydrogens is 410 g/mol. The average Bonchev–Trinajstić information content (AvgIpc) is 2.71. The highest BCUT2D eigenvalue weighted by atomic mass is 16.6. The first-order chi connectivity index (χ1) is 15.1. The average molecular weight is 433 g/mol. The molecule has 0 unspecified atom stereocenters. The lowest BCUT2D eigenvalue weighted by Crippen LogP contribution is -2.14. The molecule has 1 aliphatic heterocycles. The molecule has 0 saturated heterocycles. The monoisotopic (exact) mass is 433 g/mol. The number of hydrogen-bond acceptors (Lipinski definition) is 11. The third-order valence-corrected chi connectivity index (χ3v) is 3.62. The summed E-state index contributed by atoms with van der Waals surface area (Å²) >= 11 is 0. The van der Waals surface area contributed by atoms with E-state index in [4.69, 9.17) is 24.1 Å². The molecule has 0 aromatic carbocycles. The number of hydrogen-bond donors (Lipinski definition) is 1. The topological polar surface area (TPSA) is 147 Å². The standard InChI is InChI=1S/C20H23N3O8/c24-12-7-3-1-5-9-15(25)29-18-21-19-23-20(22-18)31-17(27)11-14-28-13-8-4-2-6-10-16(26)30-19/h5-6,9-11,14,24H,1-4,7-8,12-13H2. The maximum absolute atomic E-state index is 11.9. The highest BCUT2D eigenvalue weighted by Crippen LogP contribution is 2.16. The Labute approximate surface area is 178 Å². The van der Waals surface area contributed by atoms with Gasteiger partial charge in [0.05, 0.1) is 18.9 Å². The van der Waals surface area contributed by atoms with Gasteiger partial charge in [0, 0.05) is 18.8 Å². The summed E-state index contributed by atoms with van der Waals surface area (Å²) in [5.41, 5.74) is 0. The molecule has 1 aliphatic rings. The molecule has 0 aliphatic carbocycles. The lowest BCUT2D eigenvalue weighted by Gasteiger charge is -2.06. The van der Waals surface area contributed by atoms with Crippen LogP contribution in [0.5, 0.6) is 18.0 Å². The molecule has 11 heteroatoms. The fourth-order valence-corrected chi connectivity index (χ4v) is 2.18. The number of esters is 3. The van der Waals surface area contributed by atoms with E-state index in [2.05, 4.69) is 15.0 Å². The van der Waals surface area contributed by atoms with Crippen molar-refractivity contribution in [2.45, 2.75) is 38.5 Å². The minimum atomic E-state index is -0.850. The molecule has 0 fully saturated rings. The molecule has 0 atom stereocenters. The van der Waals surface area contributed by atoms with Crippen LogP contribution in [0.25, 0.3) is 0 Å². The van der Waals surface area contributed by atoms with Gasteiger partial charge in [-0.15, -0.1) is 15.0 Å². The number of allylic oxidation sites excluding steroid dienone is 2. The van der Waals surface area contributed by atoms with Crippen LogP contribution in [0.2, 0.25) is 0 Å². The Morgan fingerprint density at radius 2 is 1.81 bits per heavy atom. The van der Waals surface area contributed by atoms with Gasteiger partial charge in [0.15, 0.2) is 0 Å². The van der Waals surface area contributed by atoms with E-state index in [9.17, 15) is 14.4 Å². The Morgan fingerprint density at radius 1 is 1.06 bits per heavy atom. The maximum atomic E-state index is 11.9. The zero-order valence-electron chi connectivity index (χ0n) is 16.8. The van der Waals surface area contributed by atoms with Gasteiger partial charge in [0.25, 0.3) is 0 Å². The number of aromatic nitrogens is 3. The molecule has 11 nitrogen and oxygen atoms in total. The number of fused-ring (bicyclic) bond motifs is 2. The fourth-order valence-electron chi connectivity index (χ4n) is 2.18. The number of nitrogens with zero attached hydrogens (tertiary/aromatic N) is 3. The Hall–Kier alpha value is -3.60. The number of carbonyl (C=O) groups excluding carboxylic acids is 3. The van der Waals surface area contributed by atoms with Crippen LogP contribution in [0.1, 0.15) is 38.5 Å². The SMILES string of the molecule is O=C(C=CCCCCO)Oc1nc2nc(n1)OC(=O)C=COCCCCC=CC(=O)O2. The van der Waals surface area contributed by atoms with Gasteiger partial charge in [-0.25, -0.2) is 14.4 Å². The van der Waals surface area contributed by atoms with Gasteiger partial charge in [-0.1, -0.05) is 12.2 Å². The van der Waals surface area contributed by atoms with Crippen LogP contribution < -0.4 is 14.2 Å². The van der Waals surface area contributed by atoms with Gasteiger partial charge in [-0.05, 0) is 38.5 Å². The van der Waals surface area contributed by atoms with Crippen LogP contribution in [0, 0.1) is 0 Å². The zero-order chi connectivity index (χ0) is 22.3. The van der Waals surface area contributed by atoms with E-state index < -0.39 is 35.9 Å². The molecule has 0 radical (unpaired) electrons. The first-order valence-electron chi connectivity index (χ1n) is 9.70. The second-order valence-electron chi connectivity index (χ2n) is 6.14. The number of rotatable bonds is 6. The molecule has 31 heavy (non-hydrogen) atoms. The van der Waals surface area contributed by atoms with E-state index in [1.807, 2.05) is 0 Å². The van der Waals surface area contributed by atoms with Gasteiger partial charge in [-0.3, -0.25) is 0 Å². The molecule has 1 aromatic heterocycles. The minimum Gasteiger partial charge on any atom is -0.501 e. The van der Waals surface area contributed by atoms with E-state index in [-0.39, 0.29) is 6.61 Å². The van der Waals surface area contributed by atoms with Gasteiger partial charge in [0.2, 0.25) is 0 Å². The molecule has 1 aromatic rings. The largest absolute Gasteiger partial charge is 0.501 e. The van der Waals surface area contributed by atoms with Gasteiger partial charge in [0.1, 0.15) is 0 Å². The van der Waals surface area contributed by atoms with E-state index in [0.717, 1.165) is 18.9 Å². The lowest BCUT2D eigenvalue weighted by atomic mass is 10.2. The summed E-state index contributed by atoms with van der Waals surface area (Å²) < 4.78 is 20.1. The van der Waals surface area contributed by atoms with Crippen LogP contribution >= 0.6 is 0 Å². The van der Waals surface area contributed by atoms with Crippen molar-refractivity contribution in [2.75, 3.05) is 13.2 Å². The number of carbonyl (C=O) groups is 3. The number of unbranched alkanes of at least 4 members (excludes halogenated alkanes) is 2. The van der Waals surface area contributed by atoms with Crippen LogP contribution in [0.4, 0.5) is 0 Å². The van der Waals surface area contributed by atoms with E-state index >= 15 is 0 Å². The minimum absolute atomic E-state index is 0.0721. The van der Waals surface area contributed by atoms with Crippen molar-refractivity contribution >= 4 is 17.9 Å². The number of aliphatic hydroxyl groups is 1. The molecule has 166 valence electrons. The number of ether oxygens (including phenoxy) is 4. The summed E-state index contributed by atoms with van der Waals surface area (Å²) in [6, 6.07) is -1.55. The molecule has 2 rings (SSSR count). The predicted molar refractivity (Wildman–Crippen MR) is 105 cm³/mol. The second-order valence-corrected chi connectivity index (χ2v) is 6.14. The smallest absolute Gasteiger partial charge is 0.341 e. The Kier molecular flexibility index (Phi) is 10.4. The Morgan fingerprint density at radius 3 is 2.55 bits per heavy atom. The fraction of sp³-hybridized carbons (Fsp3) is 0.400. The third-order valence-electron chi connectivity index (χ3n) is 3.62. The van der Waals surface area contributed by atoms with Gasteiger partial charge < -0.3 is 24.1 Å². The molecular formula is C20H23N3O8. The van der Waals surface area contributed by atoms with Crippen LogP contribution in [0.3, 0.4) is 0 Å². The highest BCUT2D eigenvalue weighted by Gasteiger charge is 2.16. The number of aliphatic hydroxyl groups excluding tert-OH is 1. The summed E-state index contributed by atoms with van der Waals surface area (Å²) in [7, 11) is 0.